The number of imidazole rings is 6. The van der Waals surface area contributed by atoms with E-state index in [-0.39, 0.29) is 67.9 Å². The number of pyridine rings is 6. The normalized spacial score (nSPS) is 12.9. The number of aromatic hydroxyl groups is 6. The highest BCUT2D eigenvalue weighted by atomic mass is 16.3. The van der Waals surface area contributed by atoms with Crippen molar-refractivity contribution in [3.05, 3.63) is 317 Å². The van der Waals surface area contributed by atoms with Crippen LogP contribution in [0.2, 0.25) is 0 Å². The number of para-hydroxylation sites is 12. The Balaban J connectivity index is 0.0000000932. The van der Waals surface area contributed by atoms with Gasteiger partial charge in [0.15, 0.2) is 0 Å². The number of fused-ring (bicyclic) bond motifs is 30. The highest BCUT2D eigenvalue weighted by Crippen LogP contribution is 2.56. The van der Waals surface area contributed by atoms with Crippen LogP contribution in [0.5, 0.6) is 34.5 Å². The van der Waals surface area contributed by atoms with Crippen LogP contribution < -0.4 is 33.4 Å². The van der Waals surface area contributed by atoms with Crippen LogP contribution in [0.15, 0.2) is 284 Å². The van der Waals surface area contributed by atoms with Crippen LogP contribution in [0, 0.1) is 0 Å². The predicted octanol–water partition coefficient (Wildman–Crippen LogP) is 20.0. The molecule has 0 saturated heterocycles. The van der Waals surface area contributed by atoms with Gasteiger partial charge in [-0.15, -0.1) is 0 Å². The summed E-state index contributed by atoms with van der Waals surface area (Å²) in [5, 5.41) is 92.6. The third-order valence-electron chi connectivity index (χ3n) is 28.6. The van der Waals surface area contributed by atoms with Gasteiger partial charge in [0.05, 0.1) is 82.4 Å². The van der Waals surface area contributed by atoms with Gasteiger partial charge in [-0.1, -0.05) is 109 Å². The van der Waals surface area contributed by atoms with Crippen LogP contribution in [0.25, 0.3) is 294 Å². The molecule has 0 spiro atoms. The number of aromatic nitrogens is 12. The molecule has 0 unspecified atom stereocenters. The van der Waals surface area contributed by atoms with Gasteiger partial charge in [0.25, 0.3) is 33.4 Å². The topological polar surface area (TPSA) is 328 Å². The van der Waals surface area contributed by atoms with E-state index in [1.165, 1.54) is 18.2 Å². The summed E-state index contributed by atoms with van der Waals surface area (Å²) in [6.07, 6.45) is 0. The van der Waals surface area contributed by atoms with Crippen LogP contribution in [-0.4, -0.2) is 86.9 Å². The van der Waals surface area contributed by atoms with Crippen molar-refractivity contribution in [3.8, 4) is 34.5 Å². The number of rotatable bonds is 0. The van der Waals surface area contributed by atoms with Crippen molar-refractivity contribution in [2.24, 2.45) is 0 Å². The van der Waals surface area contributed by atoms with Gasteiger partial charge < -0.3 is 30.6 Å². The lowest BCUT2D eigenvalue weighted by Crippen LogP contribution is -2.14. The molecule has 33 rings (SSSR count). The number of phenolic OH excluding ortho intramolecular Hbond substituents is 6. The van der Waals surface area contributed by atoms with Crippen LogP contribution >= 0.6 is 0 Å². The van der Waals surface area contributed by atoms with Gasteiger partial charge in [-0.25, -0.2) is 29.9 Å². The van der Waals surface area contributed by atoms with E-state index in [1.807, 2.05) is 200 Å². The van der Waals surface area contributed by atoms with Gasteiger partial charge in [0.1, 0.15) is 68.4 Å². The van der Waals surface area contributed by atoms with E-state index in [2.05, 4.69) is 0 Å². The Hall–Kier alpha value is -18.8. The van der Waals surface area contributed by atoms with Gasteiger partial charge in [-0.05, 0) is 178 Å². The van der Waals surface area contributed by atoms with Crippen LogP contribution in [0.4, 0.5) is 0 Å². The van der Waals surface area contributed by atoms with E-state index in [1.54, 1.807) is 62.8 Å². The molecule has 6 N–H and O–H groups in total. The Bertz CT molecular complexity index is 10600. The molecule has 21 aromatic carbocycles. The molecule has 0 fully saturated rings. The molecule has 612 valence electrons. The second kappa shape index (κ2) is 23.1. The molecular weight excluding hydrogens is 1660 g/mol. The lowest BCUT2D eigenvalue weighted by Gasteiger charge is -2.19. The summed E-state index contributed by atoms with van der Waals surface area (Å²) in [4.78, 5) is 113. The summed E-state index contributed by atoms with van der Waals surface area (Å²) in [5.74, 6) is -0.0655. The first-order chi connectivity index (χ1) is 64.5. The predicted molar refractivity (Wildman–Crippen MR) is 520 cm³/mol. The Morgan fingerprint density at radius 3 is 0.508 bits per heavy atom. The maximum absolute atomic E-state index is 14.0. The minimum Gasteiger partial charge on any atom is -0.507 e. The van der Waals surface area contributed by atoms with Crippen molar-refractivity contribution >= 4 is 294 Å². The van der Waals surface area contributed by atoms with E-state index < -0.39 is 0 Å². The van der Waals surface area contributed by atoms with E-state index in [0.717, 1.165) is 16.2 Å². The van der Waals surface area contributed by atoms with Crippen molar-refractivity contribution in [1.82, 2.24) is 56.3 Å². The minimum atomic E-state index is -0.273. The second-order valence-corrected chi connectivity index (χ2v) is 34.8. The van der Waals surface area contributed by atoms with E-state index in [0.29, 0.717) is 278 Å². The van der Waals surface area contributed by atoms with Crippen molar-refractivity contribution in [1.29, 1.82) is 0 Å². The third kappa shape index (κ3) is 7.90. The summed E-state index contributed by atoms with van der Waals surface area (Å²) in [7, 11) is 0. The average molecular weight is 1710 g/mol. The molecule has 0 aliphatic heterocycles. The Kier molecular flexibility index (Phi) is 12.1. The Morgan fingerprint density at radius 1 is 0.152 bits per heavy atom. The summed E-state index contributed by atoms with van der Waals surface area (Å²) in [5.41, 5.74) is 9.95. The van der Waals surface area contributed by atoms with Crippen molar-refractivity contribution in [2.45, 2.75) is 0 Å². The zero-order chi connectivity index (χ0) is 87.5. The van der Waals surface area contributed by atoms with Crippen molar-refractivity contribution in [3.63, 3.8) is 0 Å². The lowest BCUT2D eigenvalue weighted by molar-refractivity contribution is 0.481. The molecule has 0 aliphatic rings. The zero-order valence-electron chi connectivity index (χ0n) is 67.7. The molecule has 0 radical (unpaired) electrons. The summed E-state index contributed by atoms with van der Waals surface area (Å²) >= 11 is 0. The minimum absolute atomic E-state index is 0.0269. The number of nitrogens with zero attached hydrogens (tertiary/aromatic N) is 12. The Labute approximate surface area is 728 Å². The smallest absolute Gasteiger partial charge is 0.264 e. The highest BCUT2D eigenvalue weighted by Gasteiger charge is 2.34. The van der Waals surface area contributed by atoms with E-state index >= 15 is 0 Å². The average Bonchev–Trinajstić information content (AvgIpc) is 1.18. The van der Waals surface area contributed by atoms with Crippen molar-refractivity contribution in [2.75, 3.05) is 0 Å². The molecule has 0 bridgehead atoms. The monoisotopic (exact) mass is 1700 g/mol. The Morgan fingerprint density at radius 2 is 0.303 bits per heavy atom. The molecule has 24 heteroatoms. The van der Waals surface area contributed by atoms with Crippen LogP contribution in [0.1, 0.15) is 0 Å². The molecule has 33 aromatic rings. The fraction of sp³-hybridized carbons (Fsp3) is 0. The molecule has 0 saturated carbocycles. The standard InChI is InChI=1S/3C36H16N4O4/c41-25-13-19-28-18(35(43)40-24-8-4-2-6-22(24)38-34(19)40)12-10-16-30-26(42)14-20-27-17(11-9-15(31(27)30)29(25)32(16)28)33-37-21-5-1-3-7-23(21)39(33)36(20)44;41-25-13-19-27-17(35(43)39-23-7-3-1-5-21(23)37-33(19)39)11-9-15-30-26(42)14-20-28-18(12-10-16(32(28)30)29(25)31(15)27)36(44)40-24-8-4-2-6-22(24)38-34(20)40;41-25-13-19-27-17(33-37-21-5-1-3-7-23(21)39(33)35(19)43)11-9-15-30-26(42)14-20-28-18(12-10-16(32(28)30)29(25)31(15)27)34-38-22-6-2-4-8-24(22)40(34)36(20)44/h3*1-14,41-42H. The lowest BCUT2D eigenvalue weighted by atomic mass is 9.85. The third-order valence-corrected chi connectivity index (χ3v) is 28.6. The molecule has 0 atom stereocenters. The number of hydrogen-bond donors (Lipinski definition) is 6. The number of benzene rings is 21. The summed E-state index contributed by atoms with van der Waals surface area (Å²) in [6, 6.07) is 76.9. The largest absolute Gasteiger partial charge is 0.507 e. The molecular formula is C108H48N12O12. The molecule has 0 amide bonds. The van der Waals surface area contributed by atoms with Gasteiger partial charge in [-0.3, -0.25) is 55.2 Å². The highest BCUT2D eigenvalue weighted by molar-refractivity contribution is 6.47. The number of phenols is 6. The van der Waals surface area contributed by atoms with Crippen LogP contribution in [-0.2, 0) is 0 Å². The maximum atomic E-state index is 14.0. The van der Waals surface area contributed by atoms with Gasteiger partial charge in [-0.2, -0.15) is 0 Å². The molecule has 12 heterocycles. The van der Waals surface area contributed by atoms with Gasteiger partial charge in [0.2, 0.25) is 0 Å². The number of hydrogen-bond acceptors (Lipinski definition) is 18. The first-order valence-corrected chi connectivity index (χ1v) is 42.7. The first kappa shape index (κ1) is 69.5. The van der Waals surface area contributed by atoms with E-state index in [9.17, 15) is 59.4 Å². The zero-order valence-corrected chi connectivity index (χ0v) is 67.7. The molecule has 0 aliphatic carbocycles. The van der Waals surface area contributed by atoms with E-state index in [4.69, 9.17) is 29.9 Å². The van der Waals surface area contributed by atoms with Crippen molar-refractivity contribution < 1.29 is 30.6 Å². The molecule has 132 heavy (non-hydrogen) atoms. The summed E-state index contributed by atoms with van der Waals surface area (Å²) < 4.78 is 9.62. The van der Waals surface area contributed by atoms with Gasteiger partial charge in [0, 0.05) is 145 Å². The summed E-state index contributed by atoms with van der Waals surface area (Å²) in [6.45, 7) is 0. The molecule has 12 aromatic heterocycles. The molecule has 24 nitrogen and oxygen atoms in total. The first-order valence-electron chi connectivity index (χ1n) is 42.7. The second-order valence-electron chi connectivity index (χ2n) is 34.8. The van der Waals surface area contributed by atoms with Crippen LogP contribution in [0.3, 0.4) is 0 Å². The maximum Gasteiger partial charge on any atom is 0.264 e. The van der Waals surface area contributed by atoms with Gasteiger partial charge >= 0.3 is 0 Å². The fourth-order valence-electron chi connectivity index (χ4n) is 23.5. The fourth-order valence-corrected chi connectivity index (χ4v) is 23.5. The SMILES string of the molecule is O=c1c2cc(O)c3c4ccc5c(=O)n6c7ccccc7nc6c6cc(O)c(c7ccc(c2c73)c2nc3ccccc3n12)c4c56.O=c1c2cc(O)c3c4ccc5c6c(cc(O)c(c7ccc(c2c73)c2nc3ccccc3n12)c46)c(=O)n1c2ccccc2nc51.O=c1c2ccc3c4c(O)cc5c6c(ccc(c7c(O)cc(c2c37)c2nc3ccccc3n12)c46)c(=O)n1c2ccccc2nc51. The quantitative estimate of drug-likeness (QED) is 0.0607.